The van der Waals surface area contributed by atoms with Crippen molar-refractivity contribution in [3.63, 3.8) is 0 Å². The minimum Gasteiger partial charge on any atom is -0.493 e. The first-order chi connectivity index (χ1) is 13.5. The molecule has 28 heavy (non-hydrogen) atoms. The Hall–Kier alpha value is -3.48. The average Bonchev–Trinajstić information content (AvgIpc) is 2.72. The summed E-state index contributed by atoms with van der Waals surface area (Å²) in [4.78, 5) is 24.4. The second-order valence-corrected chi connectivity index (χ2v) is 5.99. The largest absolute Gasteiger partial charge is 0.493 e. The normalized spacial score (nSPS) is 11.7. The van der Waals surface area contributed by atoms with Crippen LogP contribution in [0.25, 0.3) is 22.1 Å². The molecule has 0 fully saturated rings. The van der Waals surface area contributed by atoms with Crippen molar-refractivity contribution in [3.05, 3.63) is 52.9 Å². The third kappa shape index (κ3) is 3.64. The Kier molecular flexibility index (Phi) is 5.54. The summed E-state index contributed by atoms with van der Waals surface area (Å²) in [6.07, 6.45) is 0.611. The van der Waals surface area contributed by atoms with E-state index in [2.05, 4.69) is 4.74 Å². The minimum absolute atomic E-state index is 0.193. The molecule has 0 amide bonds. The molecule has 1 aromatic heterocycles. The lowest BCUT2D eigenvalue weighted by Crippen LogP contribution is -2.24. The third-order valence-electron chi connectivity index (χ3n) is 4.29. The number of esters is 1. The van der Waals surface area contributed by atoms with Crippen LogP contribution in [-0.2, 0) is 9.53 Å². The molecule has 3 rings (SSSR count). The van der Waals surface area contributed by atoms with E-state index in [9.17, 15) is 9.59 Å². The maximum atomic E-state index is 12.9. The van der Waals surface area contributed by atoms with Crippen LogP contribution < -0.4 is 19.6 Å². The molecule has 2 aromatic carbocycles. The van der Waals surface area contributed by atoms with Crippen molar-refractivity contribution in [1.29, 1.82) is 0 Å². The molecule has 3 aromatic rings. The predicted molar refractivity (Wildman–Crippen MR) is 103 cm³/mol. The zero-order valence-electron chi connectivity index (χ0n) is 16.0. The topological polar surface area (TPSA) is 84.2 Å². The molecule has 0 spiro atoms. The van der Waals surface area contributed by atoms with Gasteiger partial charge in [0.25, 0.3) is 0 Å². The molecule has 0 aliphatic rings. The first kappa shape index (κ1) is 19.3. The van der Waals surface area contributed by atoms with Crippen LogP contribution in [0.15, 0.2) is 51.9 Å². The number of carbonyl (C=O) groups is 1. The van der Waals surface area contributed by atoms with Crippen LogP contribution in [0.4, 0.5) is 0 Å². The van der Waals surface area contributed by atoms with Gasteiger partial charge in [0.15, 0.2) is 23.0 Å². The number of fused-ring (bicyclic) bond motifs is 1. The van der Waals surface area contributed by atoms with Crippen molar-refractivity contribution in [3.8, 4) is 28.4 Å². The highest BCUT2D eigenvalue weighted by atomic mass is 16.6. The number of hydrogen-bond acceptors (Lipinski definition) is 7. The Labute approximate surface area is 161 Å². The molecule has 0 saturated carbocycles. The van der Waals surface area contributed by atoms with Crippen molar-refractivity contribution >= 4 is 16.9 Å². The second kappa shape index (κ2) is 8.04. The van der Waals surface area contributed by atoms with Crippen molar-refractivity contribution in [2.75, 3.05) is 21.3 Å². The monoisotopic (exact) mass is 384 g/mol. The van der Waals surface area contributed by atoms with E-state index in [-0.39, 0.29) is 5.43 Å². The minimum atomic E-state index is -0.778. The van der Waals surface area contributed by atoms with Gasteiger partial charge in [-0.3, -0.25) is 4.79 Å². The second-order valence-electron chi connectivity index (χ2n) is 5.99. The average molecular weight is 384 g/mol. The predicted octanol–water partition coefficient (Wildman–Crippen LogP) is 3.42. The van der Waals surface area contributed by atoms with Crippen LogP contribution in [-0.4, -0.2) is 33.4 Å². The van der Waals surface area contributed by atoms with Crippen LogP contribution in [0.3, 0.4) is 0 Å². The van der Waals surface area contributed by atoms with Gasteiger partial charge in [-0.1, -0.05) is 6.07 Å². The van der Waals surface area contributed by atoms with Gasteiger partial charge in [-0.15, -0.1) is 0 Å². The van der Waals surface area contributed by atoms with Gasteiger partial charge in [-0.25, -0.2) is 4.79 Å². The van der Waals surface area contributed by atoms with E-state index in [4.69, 9.17) is 18.6 Å². The van der Waals surface area contributed by atoms with Gasteiger partial charge in [0, 0.05) is 6.07 Å². The molecule has 0 radical (unpaired) electrons. The summed E-state index contributed by atoms with van der Waals surface area (Å²) in [5.74, 6) is 0.982. The summed E-state index contributed by atoms with van der Waals surface area (Å²) >= 11 is 0. The smallest absolute Gasteiger partial charge is 0.346 e. The zero-order valence-corrected chi connectivity index (χ0v) is 16.0. The lowest BCUT2D eigenvalue weighted by molar-refractivity contribution is -0.147. The van der Waals surface area contributed by atoms with Gasteiger partial charge >= 0.3 is 5.97 Å². The molecule has 0 bridgehead atoms. The van der Waals surface area contributed by atoms with Gasteiger partial charge in [0.1, 0.15) is 17.6 Å². The number of ether oxygens (including phenoxy) is 4. The Bertz CT molecular complexity index is 1070. The third-order valence-corrected chi connectivity index (χ3v) is 4.29. The van der Waals surface area contributed by atoms with Crippen LogP contribution in [0.1, 0.15) is 6.92 Å². The lowest BCUT2D eigenvalue weighted by Gasteiger charge is -2.13. The summed E-state index contributed by atoms with van der Waals surface area (Å²) in [6.45, 7) is 1.58. The molecule has 0 saturated heterocycles. The van der Waals surface area contributed by atoms with Gasteiger partial charge < -0.3 is 23.4 Å². The highest BCUT2D eigenvalue weighted by Gasteiger charge is 2.16. The van der Waals surface area contributed by atoms with E-state index < -0.39 is 12.1 Å². The molecule has 7 heteroatoms. The first-order valence-corrected chi connectivity index (χ1v) is 8.51. The fraction of sp³-hybridized carbons (Fsp3) is 0.238. The Morgan fingerprint density at radius 3 is 2.43 bits per heavy atom. The fourth-order valence-corrected chi connectivity index (χ4v) is 2.80. The SMILES string of the molecule is COC(=O)[C@@H](C)Oc1ccc2c(=O)c(-c3ccc(OC)c(OC)c3)coc2c1. The van der Waals surface area contributed by atoms with Crippen molar-refractivity contribution in [2.24, 2.45) is 0 Å². The van der Waals surface area contributed by atoms with Gasteiger partial charge in [0.2, 0.25) is 0 Å². The molecule has 146 valence electrons. The van der Waals surface area contributed by atoms with E-state index in [1.165, 1.54) is 20.5 Å². The summed E-state index contributed by atoms with van der Waals surface area (Å²) in [5, 5.41) is 0.394. The Morgan fingerprint density at radius 2 is 1.75 bits per heavy atom. The summed E-state index contributed by atoms with van der Waals surface area (Å²) in [5.41, 5.74) is 1.20. The number of hydrogen-bond donors (Lipinski definition) is 0. The number of carbonyl (C=O) groups excluding carboxylic acids is 1. The maximum Gasteiger partial charge on any atom is 0.346 e. The van der Waals surface area contributed by atoms with Crippen LogP contribution in [0.2, 0.25) is 0 Å². The molecule has 7 nitrogen and oxygen atoms in total. The van der Waals surface area contributed by atoms with Crippen molar-refractivity contribution in [2.45, 2.75) is 13.0 Å². The molecule has 1 atom stereocenters. The summed E-state index contributed by atoms with van der Waals surface area (Å²) in [7, 11) is 4.36. The van der Waals surface area contributed by atoms with E-state index >= 15 is 0 Å². The molecule has 0 aliphatic heterocycles. The van der Waals surface area contributed by atoms with Gasteiger partial charge in [-0.2, -0.15) is 0 Å². The van der Waals surface area contributed by atoms with Crippen LogP contribution in [0, 0.1) is 0 Å². The van der Waals surface area contributed by atoms with E-state index in [1.807, 2.05) is 0 Å². The molecule has 0 unspecified atom stereocenters. The highest BCUT2D eigenvalue weighted by Crippen LogP contribution is 2.32. The Balaban J connectivity index is 1.99. The maximum absolute atomic E-state index is 12.9. The molecule has 1 heterocycles. The summed E-state index contributed by atoms with van der Waals surface area (Å²) < 4.78 is 26.3. The zero-order chi connectivity index (χ0) is 20.3. The van der Waals surface area contributed by atoms with E-state index in [0.29, 0.717) is 39.3 Å². The van der Waals surface area contributed by atoms with Crippen LogP contribution in [0.5, 0.6) is 17.2 Å². The van der Waals surface area contributed by atoms with Crippen LogP contribution >= 0.6 is 0 Å². The van der Waals surface area contributed by atoms with Gasteiger partial charge in [-0.05, 0) is 36.8 Å². The summed E-state index contributed by atoms with van der Waals surface area (Å²) in [6, 6.07) is 9.97. The molecular weight excluding hydrogens is 364 g/mol. The van der Waals surface area contributed by atoms with Crippen molar-refractivity contribution in [1.82, 2.24) is 0 Å². The van der Waals surface area contributed by atoms with E-state index in [1.54, 1.807) is 50.4 Å². The fourth-order valence-electron chi connectivity index (χ4n) is 2.80. The van der Waals surface area contributed by atoms with Crippen molar-refractivity contribution < 1.29 is 28.2 Å². The number of rotatable bonds is 6. The molecule has 0 N–H and O–H groups in total. The molecular formula is C21H20O7. The van der Waals surface area contributed by atoms with E-state index in [0.717, 1.165) is 0 Å². The Morgan fingerprint density at radius 1 is 1.00 bits per heavy atom. The molecule has 0 aliphatic carbocycles. The number of benzene rings is 2. The highest BCUT2D eigenvalue weighted by molar-refractivity contribution is 5.83. The number of methoxy groups -OCH3 is 3. The standard InChI is InChI=1S/C21H20O7/c1-12(21(23)26-4)28-14-6-7-15-18(10-14)27-11-16(20(15)22)13-5-8-17(24-2)19(9-13)25-3/h5-12H,1-4H3/t12-/m1/s1. The quantitative estimate of drug-likeness (QED) is 0.602. The first-order valence-electron chi connectivity index (χ1n) is 8.51. The van der Waals surface area contributed by atoms with Gasteiger partial charge in [0.05, 0.1) is 32.3 Å². The lowest BCUT2D eigenvalue weighted by atomic mass is 10.0.